The summed E-state index contributed by atoms with van der Waals surface area (Å²) in [5.74, 6) is 1.46. The molecule has 0 saturated carbocycles. The number of nitrogens with two attached hydrogens (primary N) is 1. The molecule has 1 aromatic rings. The average molecular weight is 239 g/mol. The lowest BCUT2D eigenvalue weighted by molar-refractivity contribution is 0.355. The second kappa shape index (κ2) is 5.77. The van der Waals surface area contributed by atoms with E-state index < -0.39 is 0 Å². The van der Waals surface area contributed by atoms with Crippen LogP contribution in [0.25, 0.3) is 0 Å². The van der Waals surface area contributed by atoms with Gasteiger partial charge in [0, 0.05) is 11.1 Å². The summed E-state index contributed by atoms with van der Waals surface area (Å²) in [6.45, 7) is 4.41. The van der Waals surface area contributed by atoms with Crippen LogP contribution in [0.15, 0.2) is 0 Å². The van der Waals surface area contributed by atoms with E-state index in [9.17, 15) is 5.11 Å². The van der Waals surface area contributed by atoms with Crippen LogP contribution in [0.5, 0.6) is 17.2 Å². The van der Waals surface area contributed by atoms with Crippen molar-refractivity contribution in [1.82, 2.24) is 0 Å². The molecule has 0 bridgehead atoms. The van der Waals surface area contributed by atoms with Gasteiger partial charge in [-0.25, -0.2) is 0 Å². The molecule has 0 radical (unpaired) electrons. The van der Waals surface area contributed by atoms with E-state index in [0.717, 1.165) is 35.3 Å². The topological polar surface area (TPSA) is 64.7 Å². The van der Waals surface area contributed by atoms with E-state index in [1.54, 1.807) is 14.2 Å². The van der Waals surface area contributed by atoms with Crippen molar-refractivity contribution in [2.75, 3.05) is 20.8 Å². The van der Waals surface area contributed by atoms with E-state index in [1.807, 2.05) is 13.8 Å². The quantitative estimate of drug-likeness (QED) is 0.824. The van der Waals surface area contributed by atoms with Crippen molar-refractivity contribution in [3.8, 4) is 17.2 Å². The Balaban J connectivity index is 3.37. The zero-order chi connectivity index (χ0) is 13.0. The van der Waals surface area contributed by atoms with Crippen LogP contribution in [-0.4, -0.2) is 25.9 Å². The SMILES string of the molecule is COc1c(C)c(CCCN)c(O)c(OC)c1C. The molecule has 0 spiro atoms. The van der Waals surface area contributed by atoms with Gasteiger partial charge in [0.1, 0.15) is 5.75 Å². The van der Waals surface area contributed by atoms with Crippen molar-refractivity contribution < 1.29 is 14.6 Å². The van der Waals surface area contributed by atoms with Gasteiger partial charge in [-0.2, -0.15) is 0 Å². The third-order valence-electron chi connectivity index (χ3n) is 3.01. The van der Waals surface area contributed by atoms with Gasteiger partial charge in [0.05, 0.1) is 14.2 Å². The fourth-order valence-corrected chi connectivity index (χ4v) is 2.15. The molecule has 0 aliphatic heterocycles. The maximum atomic E-state index is 10.2. The Morgan fingerprint density at radius 1 is 1.06 bits per heavy atom. The highest BCUT2D eigenvalue weighted by Crippen LogP contribution is 2.42. The molecule has 0 aliphatic rings. The van der Waals surface area contributed by atoms with Crippen LogP contribution in [0, 0.1) is 13.8 Å². The third-order valence-corrected chi connectivity index (χ3v) is 3.01. The Morgan fingerprint density at radius 3 is 2.12 bits per heavy atom. The number of phenols is 1. The molecule has 0 aromatic heterocycles. The molecule has 4 heteroatoms. The van der Waals surface area contributed by atoms with Crippen molar-refractivity contribution >= 4 is 0 Å². The van der Waals surface area contributed by atoms with Gasteiger partial charge in [0.2, 0.25) is 0 Å². The number of phenolic OH excluding ortho intramolecular Hbond substituents is 1. The Bertz CT molecular complexity index is 371. The molecule has 0 heterocycles. The van der Waals surface area contributed by atoms with E-state index in [-0.39, 0.29) is 5.75 Å². The van der Waals surface area contributed by atoms with E-state index in [4.69, 9.17) is 15.2 Å². The lowest BCUT2D eigenvalue weighted by atomic mass is 9.97. The standard InChI is InChI=1S/C13H21NO3/c1-8-10(6-5-7-14)11(15)13(17-4)9(2)12(8)16-3/h15H,5-7,14H2,1-4H3. The van der Waals surface area contributed by atoms with Crippen LogP contribution in [0.2, 0.25) is 0 Å². The fourth-order valence-electron chi connectivity index (χ4n) is 2.15. The first-order valence-corrected chi connectivity index (χ1v) is 5.71. The molecule has 0 saturated heterocycles. The summed E-state index contributed by atoms with van der Waals surface area (Å²) in [5.41, 5.74) is 8.14. The third kappa shape index (κ3) is 2.47. The Hall–Kier alpha value is -1.42. The number of aromatic hydroxyl groups is 1. The van der Waals surface area contributed by atoms with Gasteiger partial charge in [-0.1, -0.05) is 0 Å². The molecule has 1 aromatic carbocycles. The minimum atomic E-state index is 0.205. The van der Waals surface area contributed by atoms with Crippen molar-refractivity contribution in [1.29, 1.82) is 0 Å². The van der Waals surface area contributed by atoms with Crippen molar-refractivity contribution in [2.24, 2.45) is 5.73 Å². The summed E-state index contributed by atoms with van der Waals surface area (Å²) >= 11 is 0. The largest absolute Gasteiger partial charge is 0.504 e. The summed E-state index contributed by atoms with van der Waals surface area (Å²) in [4.78, 5) is 0. The Kier molecular flexibility index (Phi) is 4.63. The van der Waals surface area contributed by atoms with Gasteiger partial charge >= 0.3 is 0 Å². The number of rotatable bonds is 5. The lowest BCUT2D eigenvalue weighted by Crippen LogP contribution is -2.04. The van der Waals surface area contributed by atoms with Crippen molar-refractivity contribution in [3.05, 3.63) is 16.7 Å². The average Bonchev–Trinajstić information content (AvgIpc) is 2.30. The first-order chi connectivity index (χ1) is 8.08. The van der Waals surface area contributed by atoms with Crippen LogP contribution in [-0.2, 0) is 6.42 Å². The minimum Gasteiger partial charge on any atom is -0.504 e. The Morgan fingerprint density at radius 2 is 1.65 bits per heavy atom. The fraction of sp³-hybridized carbons (Fsp3) is 0.538. The number of hydrogen-bond acceptors (Lipinski definition) is 4. The molecule has 0 aliphatic carbocycles. The monoisotopic (exact) mass is 239 g/mol. The van der Waals surface area contributed by atoms with E-state index in [1.165, 1.54) is 0 Å². The normalized spacial score (nSPS) is 10.4. The predicted molar refractivity (Wildman–Crippen MR) is 68.1 cm³/mol. The summed E-state index contributed by atoms with van der Waals surface area (Å²) in [5, 5.41) is 10.2. The van der Waals surface area contributed by atoms with E-state index in [2.05, 4.69) is 0 Å². The summed E-state index contributed by atoms with van der Waals surface area (Å²) in [7, 11) is 3.17. The number of methoxy groups -OCH3 is 2. The molecular formula is C13H21NO3. The zero-order valence-electron chi connectivity index (χ0n) is 11.0. The van der Waals surface area contributed by atoms with Crippen LogP contribution < -0.4 is 15.2 Å². The van der Waals surface area contributed by atoms with Crippen LogP contribution in [0.4, 0.5) is 0 Å². The van der Waals surface area contributed by atoms with Gasteiger partial charge in [0.25, 0.3) is 0 Å². The smallest absolute Gasteiger partial charge is 0.167 e. The number of benzene rings is 1. The number of ether oxygens (including phenoxy) is 2. The molecule has 0 fully saturated rings. The van der Waals surface area contributed by atoms with Gasteiger partial charge in [-0.05, 0) is 38.8 Å². The molecule has 17 heavy (non-hydrogen) atoms. The summed E-state index contributed by atoms with van der Waals surface area (Å²) in [6, 6.07) is 0. The van der Waals surface area contributed by atoms with Gasteiger partial charge < -0.3 is 20.3 Å². The molecule has 0 amide bonds. The first kappa shape index (κ1) is 13.6. The second-order valence-corrected chi connectivity index (χ2v) is 4.04. The minimum absolute atomic E-state index is 0.205. The Labute approximate surface area is 102 Å². The van der Waals surface area contributed by atoms with Gasteiger partial charge in [-0.3, -0.25) is 0 Å². The van der Waals surface area contributed by atoms with Crippen LogP contribution in [0.3, 0.4) is 0 Å². The number of hydrogen-bond donors (Lipinski definition) is 2. The highest BCUT2D eigenvalue weighted by atomic mass is 16.5. The molecular weight excluding hydrogens is 218 g/mol. The molecule has 4 nitrogen and oxygen atoms in total. The lowest BCUT2D eigenvalue weighted by Gasteiger charge is -2.18. The molecule has 96 valence electrons. The zero-order valence-corrected chi connectivity index (χ0v) is 11.0. The van der Waals surface area contributed by atoms with Crippen molar-refractivity contribution in [2.45, 2.75) is 26.7 Å². The van der Waals surface area contributed by atoms with Gasteiger partial charge in [0.15, 0.2) is 11.5 Å². The second-order valence-electron chi connectivity index (χ2n) is 4.04. The highest BCUT2D eigenvalue weighted by molar-refractivity contribution is 5.61. The van der Waals surface area contributed by atoms with Crippen molar-refractivity contribution in [3.63, 3.8) is 0 Å². The molecule has 1 rings (SSSR count). The van der Waals surface area contributed by atoms with Gasteiger partial charge in [-0.15, -0.1) is 0 Å². The summed E-state index contributed by atoms with van der Waals surface area (Å²) in [6.07, 6.45) is 1.55. The van der Waals surface area contributed by atoms with Crippen LogP contribution >= 0.6 is 0 Å². The maximum absolute atomic E-state index is 10.2. The molecule has 0 unspecified atom stereocenters. The van der Waals surface area contributed by atoms with E-state index >= 15 is 0 Å². The highest BCUT2D eigenvalue weighted by Gasteiger charge is 2.19. The van der Waals surface area contributed by atoms with Crippen LogP contribution in [0.1, 0.15) is 23.1 Å². The predicted octanol–water partition coefficient (Wildman–Crippen LogP) is 1.92. The molecule has 3 N–H and O–H groups in total. The van der Waals surface area contributed by atoms with E-state index in [0.29, 0.717) is 12.3 Å². The first-order valence-electron chi connectivity index (χ1n) is 5.71. The summed E-state index contributed by atoms with van der Waals surface area (Å²) < 4.78 is 10.6. The molecule has 0 atom stereocenters. The maximum Gasteiger partial charge on any atom is 0.167 e.